The summed E-state index contributed by atoms with van der Waals surface area (Å²) in [6.07, 6.45) is 3.05. The predicted molar refractivity (Wildman–Crippen MR) is 107 cm³/mol. The molecule has 0 aliphatic rings. The van der Waals surface area contributed by atoms with Crippen LogP contribution in [0.3, 0.4) is 0 Å². The van der Waals surface area contributed by atoms with E-state index in [-0.39, 0.29) is 17.1 Å². The van der Waals surface area contributed by atoms with Crippen LogP contribution in [0.15, 0.2) is 60.9 Å². The molecule has 0 saturated heterocycles. The van der Waals surface area contributed by atoms with Gasteiger partial charge in [0, 0.05) is 12.6 Å². The molecule has 1 heterocycles. The Morgan fingerprint density at radius 2 is 2.00 bits per heavy atom. The van der Waals surface area contributed by atoms with Crippen LogP contribution in [0.1, 0.15) is 18.9 Å². The van der Waals surface area contributed by atoms with Gasteiger partial charge in [-0.25, -0.2) is 9.07 Å². The van der Waals surface area contributed by atoms with Crippen LogP contribution in [0.25, 0.3) is 5.69 Å². The number of hydrogen-bond acceptors (Lipinski definition) is 4. The lowest BCUT2D eigenvalue weighted by Gasteiger charge is -2.14. The Morgan fingerprint density at radius 1 is 1.24 bits per heavy atom. The van der Waals surface area contributed by atoms with E-state index in [1.165, 1.54) is 19.1 Å². The van der Waals surface area contributed by atoms with Gasteiger partial charge in [-0.15, -0.1) is 0 Å². The summed E-state index contributed by atoms with van der Waals surface area (Å²) in [6, 6.07) is 13.2. The summed E-state index contributed by atoms with van der Waals surface area (Å²) in [7, 11) is 0. The van der Waals surface area contributed by atoms with Crippen LogP contribution < -0.4 is 5.32 Å². The molecule has 0 fully saturated rings. The van der Waals surface area contributed by atoms with Crippen LogP contribution in [0.4, 0.5) is 10.1 Å². The van der Waals surface area contributed by atoms with Crippen LogP contribution in [-0.4, -0.2) is 27.8 Å². The van der Waals surface area contributed by atoms with E-state index in [1.807, 2.05) is 36.5 Å². The van der Waals surface area contributed by atoms with Gasteiger partial charge in [0.1, 0.15) is 5.82 Å². The second-order valence-corrected chi connectivity index (χ2v) is 6.78. The van der Waals surface area contributed by atoms with Gasteiger partial charge in [0.2, 0.25) is 0 Å². The Balaban J connectivity index is 1.49. The molecule has 0 aliphatic carbocycles. The number of anilines is 1. The third-order valence-electron chi connectivity index (χ3n) is 4.14. The molecule has 0 aliphatic heterocycles. The van der Waals surface area contributed by atoms with Gasteiger partial charge in [0.15, 0.2) is 6.10 Å². The molecule has 0 spiro atoms. The Kier molecular flexibility index (Phi) is 6.61. The summed E-state index contributed by atoms with van der Waals surface area (Å²) < 4.78 is 20.0. The Labute approximate surface area is 172 Å². The fourth-order valence-corrected chi connectivity index (χ4v) is 2.81. The van der Waals surface area contributed by atoms with Gasteiger partial charge in [-0.1, -0.05) is 29.8 Å². The zero-order valence-electron chi connectivity index (χ0n) is 15.6. The second-order valence-electron chi connectivity index (χ2n) is 6.37. The minimum absolute atomic E-state index is 0.0623. The van der Waals surface area contributed by atoms with Gasteiger partial charge < -0.3 is 10.1 Å². The Bertz CT molecular complexity index is 1010. The minimum atomic E-state index is -1.02. The van der Waals surface area contributed by atoms with E-state index in [1.54, 1.807) is 10.9 Å². The SMILES string of the molecule is CC(OC(=O)CCc1cnn(-c2ccccc2)c1)C(=O)Nc1ccc(F)cc1Cl. The summed E-state index contributed by atoms with van der Waals surface area (Å²) in [5.74, 6) is -1.57. The first-order valence-electron chi connectivity index (χ1n) is 8.97. The maximum atomic E-state index is 13.1. The number of nitrogens with one attached hydrogen (secondary N) is 1. The number of hydrogen-bond donors (Lipinski definition) is 1. The predicted octanol–water partition coefficient (Wildman–Crippen LogP) is 4.17. The van der Waals surface area contributed by atoms with Crippen LogP contribution >= 0.6 is 11.6 Å². The number of nitrogens with zero attached hydrogens (tertiary/aromatic N) is 2. The minimum Gasteiger partial charge on any atom is -0.453 e. The fourth-order valence-electron chi connectivity index (χ4n) is 2.59. The molecule has 29 heavy (non-hydrogen) atoms. The third-order valence-corrected chi connectivity index (χ3v) is 4.45. The van der Waals surface area contributed by atoms with Crippen LogP contribution in [0.5, 0.6) is 0 Å². The van der Waals surface area contributed by atoms with E-state index in [2.05, 4.69) is 10.4 Å². The highest BCUT2D eigenvalue weighted by atomic mass is 35.5. The van der Waals surface area contributed by atoms with Gasteiger partial charge in [-0.3, -0.25) is 9.59 Å². The molecule has 150 valence electrons. The lowest BCUT2D eigenvalue weighted by Crippen LogP contribution is -2.30. The number of amides is 1. The van der Waals surface area contributed by atoms with Crippen molar-refractivity contribution in [1.82, 2.24) is 9.78 Å². The van der Waals surface area contributed by atoms with E-state index in [0.29, 0.717) is 6.42 Å². The van der Waals surface area contributed by atoms with Crippen molar-refractivity contribution in [2.75, 3.05) is 5.32 Å². The van der Waals surface area contributed by atoms with Crippen molar-refractivity contribution in [2.45, 2.75) is 25.9 Å². The summed E-state index contributed by atoms with van der Waals surface area (Å²) in [6.45, 7) is 1.46. The van der Waals surface area contributed by atoms with Crippen molar-refractivity contribution >= 4 is 29.2 Å². The Morgan fingerprint density at radius 3 is 2.72 bits per heavy atom. The number of aromatic nitrogens is 2. The standard InChI is InChI=1S/C21H19ClFN3O3/c1-14(21(28)25-19-9-8-16(23)11-18(19)22)29-20(27)10-7-15-12-24-26(13-15)17-5-3-2-4-6-17/h2-6,8-9,11-14H,7,10H2,1H3,(H,25,28). The number of rotatable bonds is 7. The summed E-state index contributed by atoms with van der Waals surface area (Å²) >= 11 is 5.88. The molecule has 1 unspecified atom stereocenters. The van der Waals surface area contributed by atoms with Gasteiger partial charge in [-0.2, -0.15) is 5.10 Å². The monoisotopic (exact) mass is 415 g/mol. The maximum absolute atomic E-state index is 13.1. The molecule has 0 radical (unpaired) electrons. The highest BCUT2D eigenvalue weighted by molar-refractivity contribution is 6.33. The summed E-state index contributed by atoms with van der Waals surface area (Å²) in [5, 5.41) is 6.85. The topological polar surface area (TPSA) is 73.2 Å². The molecular formula is C21H19ClFN3O3. The molecule has 3 aromatic rings. The average Bonchev–Trinajstić information content (AvgIpc) is 3.18. The number of para-hydroxylation sites is 1. The number of esters is 1. The van der Waals surface area contributed by atoms with E-state index in [4.69, 9.17) is 16.3 Å². The van der Waals surface area contributed by atoms with Crippen LogP contribution in [0, 0.1) is 5.82 Å². The maximum Gasteiger partial charge on any atom is 0.306 e. The molecule has 3 rings (SSSR count). The van der Waals surface area contributed by atoms with E-state index in [9.17, 15) is 14.0 Å². The molecule has 0 bridgehead atoms. The summed E-state index contributed by atoms with van der Waals surface area (Å²) in [5.41, 5.74) is 2.04. The van der Waals surface area contributed by atoms with E-state index < -0.39 is 23.8 Å². The first-order valence-corrected chi connectivity index (χ1v) is 9.34. The quantitative estimate of drug-likeness (QED) is 0.588. The van der Waals surface area contributed by atoms with Crippen molar-refractivity contribution < 1.29 is 18.7 Å². The molecule has 1 atom stereocenters. The van der Waals surface area contributed by atoms with Crippen molar-refractivity contribution in [2.24, 2.45) is 0 Å². The van der Waals surface area contributed by atoms with Crippen LogP contribution in [-0.2, 0) is 20.7 Å². The van der Waals surface area contributed by atoms with Crippen molar-refractivity contribution in [3.05, 3.63) is 77.3 Å². The average molecular weight is 416 g/mol. The largest absolute Gasteiger partial charge is 0.453 e. The molecule has 6 nitrogen and oxygen atoms in total. The number of carbonyl (C=O) groups excluding carboxylic acids is 2. The number of carbonyl (C=O) groups is 2. The van der Waals surface area contributed by atoms with Gasteiger partial charge >= 0.3 is 5.97 Å². The van der Waals surface area contributed by atoms with Crippen molar-refractivity contribution in [1.29, 1.82) is 0 Å². The Hall–Kier alpha value is -3.19. The normalized spacial score (nSPS) is 11.7. The van der Waals surface area contributed by atoms with E-state index >= 15 is 0 Å². The lowest BCUT2D eigenvalue weighted by atomic mass is 10.2. The fraction of sp³-hybridized carbons (Fsp3) is 0.190. The van der Waals surface area contributed by atoms with Gasteiger partial charge in [-0.05, 0) is 49.2 Å². The molecule has 8 heteroatoms. The number of aryl methyl sites for hydroxylation is 1. The third kappa shape index (κ3) is 5.65. The molecule has 1 N–H and O–H groups in total. The first-order chi connectivity index (χ1) is 13.9. The molecule has 2 aromatic carbocycles. The first kappa shape index (κ1) is 20.5. The highest BCUT2D eigenvalue weighted by Gasteiger charge is 2.19. The lowest BCUT2D eigenvalue weighted by molar-refractivity contribution is -0.153. The summed E-state index contributed by atoms with van der Waals surface area (Å²) in [4.78, 5) is 24.2. The zero-order valence-corrected chi connectivity index (χ0v) is 16.4. The molecule has 1 aromatic heterocycles. The van der Waals surface area contributed by atoms with Gasteiger partial charge in [0.25, 0.3) is 5.91 Å². The van der Waals surface area contributed by atoms with Crippen molar-refractivity contribution in [3.63, 3.8) is 0 Å². The number of ether oxygens (including phenoxy) is 1. The highest BCUT2D eigenvalue weighted by Crippen LogP contribution is 2.22. The second kappa shape index (κ2) is 9.34. The molecule has 1 amide bonds. The van der Waals surface area contributed by atoms with Crippen LogP contribution in [0.2, 0.25) is 5.02 Å². The van der Waals surface area contributed by atoms with E-state index in [0.717, 1.165) is 17.3 Å². The molecular weight excluding hydrogens is 397 g/mol. The zero-order chi connectivity index (χ0) is 20.8. The van der Waals surface area contributed by atoms with Crippen molar-refractivity contribution in [3.8, 4) is 5.69 Å². The molecule has 0 saturated carbocycles. The number of halogens is 2. The van der Waals surface area contributed by atoms with Gasteiger partial charge in [0.05, 0.1) is 22.6 Å². The number of benzene rings is 2. The smallest absolute Gasteiger partial charge is 0.306 e.